The lowest BCUT2D eigenvalue weighted by molar-refractivity contribution is 0.0670. The molecule has 0 saturated heterocycles. The van der Waals surface area contributed by atoms with E-state index in [-0.39, 0.29) is 11.9 Å². The van der Waals surface area contributed by atoms with E-state index >= 15 is 0 Å². The Balaban J connectivity index is 1.63. The number of benzene rings is 1. The van der Waals surface area contributed by atoms with E-state index < -0.39 is 0 Å². The minimum Gasteiger partial charge on any atom is -0.476 e. The topological polar surface area (TPSA) is 47.4 Å². The maximum Gasteiger partial charge on any atom is 0.275 e. The molecule has 3 heterocycles. The van der Waals surface area contributed by atoms with Crippen LogP contribution in [0, 0.1) is 0 Å². The molecule has 1 aromatic carbocycles. The molecule has 0 saturated carbocycles. The van der Waals surface area contributed by atoms with Gasteiger partial charge in [0.25, 0.3) is 5.91 Å². The van der Waals surface area contributed by atoms with Gasteiger partial charge < -0.3 is 9.64 Å². The fourth-order valence-electron chi connectivity index (χ4n) is 3.21. The molecule has 21 heavy (non-hydrogen) atoms. The molecule has 4 rings (SSSR count). The highest BCUT2D eigenvalue weighted by atomic mass is 16.5. The second kappa shape index (κ2) is 4.62. The van der Waals surface area contributed by atoms with Crippen LogP contribution in [0.5, 0.6) is 5.88 Å². The summed E-state index contributed by atoms with van der Waals surface area (Å²) in [6, 6.07) is 10.2. The Morgan fingerprint density at radius 3 is 3.05 bits per heavy atom. The molecule has 2 aromatic rings. The Kier molecular flexibility index (Phi) is 2.74. The zero-order chi connectivity index (χ0) is 14.4. The molecule has 1 unspecified atom stereocenters. The second-order valence-corrected chi connectivity index (χ2v) is 5.56. The van der Waals surface area contributed by atoms with Crippen molar-refractivity contribution >= 4 is 5.91 Å². The van der Waals surface area contributed by atoms with Crippen molar-refractivity contribution in [1.29, 1.82) is 0 Å². The molecule has 0 bridgehead atoms. The molecular weight excluding hydrogens is 266 g/mol. The van der Waals surface area contributed by atoms with Crippen LogP contribution >= 0.6 is 0 Å². The molecule has 1 atom stereocenters. The van der Waals surface area contributed by atoms with Crippen LogP contribution in [-0.4, -0.2) is 33.7 Å². The van der Waals surface area contributed by atoms with Crippen LogP contribution in [0.15, 0.2) is 30.3 Å². The zero-order valence-electron chi connectivity index (χ0n) is 12.0. The Hall–Kier alpha value is -2.30. The third-order valence-electron chi connectivity index (χ3n) is 4.37. The van der Waals surface area contributed by atoms with Gasteiger partial charge in [0.15, 0.2) is 5.69 Å². The highest BCUT2D eigenvalue weighted by molar-refractivity contribution is 5.93. The Morgan fingerprint density at radius 2 is 2.19 bits per heavy atom. The van der Waals surface area contributed by atoms with Crippen molar-refractivity contribution in [3.05, 3.63) is 47.2 Å². The number of hydrogen-bond donors (Lipinski definition) is 0. The van der Waals surface area contributed by atoms with Crippen LogP contribution in [0.25, 0.3) is 0 Å². The van der Waals surface area contributed by atoms with Crippen molar-refractivity contribution in [3.8, 4) is 5.88 Å². The molecule has 5 heteroatoms. The summed E-state index contributed by atoms with van der Waals surface area (Å²) < 4.78 is 7.19. The fourth-order valence-corrected chi connectivity index (χ4v) is 3.21. The smallest absolute Gasteiger partial charge is 0.275 e. The molecule has 0 radical (unpaired) electrons. The first-order chi connectivity index (χ1) is 10.2. The van der Waals surface area contributed by atoms with E-state index in [0.29, 0.717) is 18.2 Å². The average molecular weight is 283 g/mol. The third kappa shape index (κ3) is 1.92. The maximum atomic E-state index is 12.7. The van der Waals surface area contributed by atoms with Gasteiger partial charge in [-0.3, -0.25) is 4.79 Å². The average Bonchev–Trinajstić information content (AvgIpc) is 3.08. The summed E-state index contributed by atoms with van der Waals surface area (Å²) in [6.45, 7) is 4.18. The molecule has 0 fully saturated rings. The van der Waals surface area contributed by atoms with Crippen molar-refractivity contribution < 1.29 is 9.53 Å². The summed E-state index contributed by atoms with van der Waals surface area (Å²) in [7, 11) is 0. The van der Waals surface area contributed by atoms with Gasteiger partial charge in [-0.25, -0.2) is 4.68 Å². The number of ether oxygens (including phenoxy) is 1. The van der Waals surface area contributed by atoms with Gasteiger partial charge in [-0.2, -0.15) is 5.10 Å². The third-order valence-corrected chi connectivity index (χ3v) is 4.37. The van der Waals surface area contributed by atoms with E-state index in [0.717, 1.165) is 19.5 Å². The van der Waals surface area contributed by atoms with Gasteiger partial charge in [-0.15, -0.1) is 0 Å². The molecule has 1 amide bonds. The van der Waals surface area contributed by atoms with E-state index in [1.165, 1.54) is 11.1 Å². The van der Waals surface area contributed by atoms with Crippen molar-refractivity contribution in [3.63, 3.8) is 0 Å². The lowest BCUT2D eigenvalue weighted by atomic mass is 9.93. The van der Waals surface area contributed by atoms with Gasteiger partial charge >= 0.3 is 0 Å². The quantitative estimate of drug-likeness (QED) is 0.804. The van der Waals surface area contributed by atoms with Crippen molar-refractivity contribution in [2.75, 3.05) is 13.2 Å². The number of hydrogen-bond acceptors (Lipinski definition) is 3. The van der Waals surface area contributed by atoms with E-state index in [1.807, 2.05) is 11.0 Å². The number of amides is 1. The number of carbonyl (C=O) groups excluding carboxylic acids is 1. The van der Waals surface area contributed by atoms with Crippen LogP contribution in [0.3, 0.4) is 0 Å². The second-order valence-electron chi connectivity index (χ2n) is 5.56. The molecule has 2 aliphatic rings. The SMILES string of the molecule is CC1c2ccccc2CCN1C(=O)c1cc2n(n1)CCO2. The summed E-state index contributed by atoms with van der Waals surface area (Å²) in [5.41, 5.74) is 3.06. The predicted octanol–water partition coefficient (Wildman–Crippen LogP) is 2.03. The largest absolute Gasteiger partial charge is 0.476 e. The molecule has 0 aliphatic carbocycles. The Labute approximate surface area is 123 Å². The Bertz CT molecular complexity index is 686. The van der Waals surface area contributed by atoms with Gasteiger partial charge in [-0.05, 0) is 24.5 Å². The van der Waals surface area contributed by atoms with Crippen LogP contribution in [0.2, 0.25) is 0 Å². The summed E-state index contributed by atoms with van der Waals surface area (Å²) in [6.07, 6.45) is 0.899. The van der Waals surface area contributed by atoms with Gasteiger partial charge in [0.2, 0.25) is 5.88 Å². The van der Waals surface area contributed by atoms with Gasteiger partial charge in [0, 0.05) is 12.6 Å². The highest BCUT2D eigenvalue weighted by Gasteiger charge is 2.30. The molecule has 2 aliphatic heterocycles. The Morgan fingerprint density at radius 1 is 1.33 bits per heavy atom. The lowest BCUT2D eigenvalue weighted by Crippen LogP contribution is -2.39. The molecule has 0 N–H and O–H groups in total. The molecule has 0 spiro atoms. The van der Waals surface area contributed by atoms with Crippen LogP contribution < -0.4 is 4.74 Å². The number of nitrogens with zero attached hydrogens (tertiary/aromatic N) is 3. The van der Waals surface area contributed by atoms with Crippen LogP contribution in [-0.2, 0) is 13.0 Å². The minimum absolute atomic E-state index is 0.0116. The van der Waals surface area contributed by atoms with Crippen molar-refractivity contribution in [2.24, 2.45) is 0 Å². The highest BCUT2D eigenvalue weighted by Crippen LogP contribution is 2.30. The van der Waals surface area contributed by atoms with E-state index in [1.54, 1.807) is 10.7 Å². The number of aromatic nitrogens is 2. The van der Waals surface area contributed by atoms with Gasteiger partial charge in [0.1, 0.15) is 6.61 Å². The first kappa shape index (κ1) is 12.4. The molecule has 108 valence electrons. The van der Waals surface area contributed by atoms with Gasteiger partial charge in [0.05, 0.1) is 12.6 Å². The summed E-state index contributed by atoms with van der Waals surface area (Å²) in [4.78, 5) is 14.6. The standard InChI is InChI=1S/C16H17N3O2/c1-11-13-5-3-2-4-12(13)6-7-18(11)16(20)14-10-15-19(17-14)8-9-21-15/h2-5,10-11H,6-9H2,1H3. The monoisotopic (exact) mass is 283 g/mol. The predicted molar refractivity (Wildman–Crippen MR) is 77.3 cm³/mol. The number of carbonyl (C=O) groups is 1. The van der Waals surface area contributed by atoms with Crippen molar-refractivity contribution in [1.82, 2.24) is 14.7 Å². The van der Waals surface area contributed by atoms with Crippen LogP contribution in [0.4, 0.5) is 0 Å². The fraction of sp³-hybridized carbons (Fsp3) is 0.375. The molecular formula is C16H17N3O2. The van der Waals surface area contributed by atoms with Gasteiger partial charge in [-0.1, -0.05) is 24.3 Å². The maximum absolute atomic E-state index is 12.7. The van der Waals surface area contributed by atoms with E-state index in [2.05, 4.69) is 30.2 Å². The summed E-state index contributed by atoms with van der Waals surface area (Å²) in [5, 5.41) is 4.36. The minimum atomic E-state index is -0.0116. The molecule has 1 aromatic heterocycles. The van der Waals surface area contributed by atoms with E-state index in [4.69, 9.17) is 4.74 Å². The lowest BCUT2D eigenvalue weighted by Gasteiger charge is -2.34. The molecule has 5 nitrogen and oxygen atoms in total. The summed E-state index contributed by atoms with van der Waals surface area (Å²) in [5.74, 6) is 0.686. The first-order valence-corrected chi connectivity index (χ1v) is 7.33. The van der Waals surface area contributed by atoms with E-state index in [9.17, 15) is 4.79 Å². The van der Waals surface area contributed by atoms with Crippen molar-refractivity contribution in [2.45, 2.75) is 25.9 Å². The van der Waals surface area contributed by atoms with Crippen LogP contribution in [0.1, 0.15) is 34.6 Å². The zero-order valence-corrected chi connectivity index (χ0v) is 12.0. The first-order valence-electron chi connectivity index (χ1n) is 7.33. The number of fused-ring (bicyclic) bond motifs is 2. The number of rotatable bonds is 1. The summed E-state index contributed by atoms with van der Waals surface area (Å²) >= 11 is 0. The normalized spacial score (nSPS) is 19.9.